The molecule has 0 aromatic heterocycles. The van der Waals surface area contributed by atoms with Crippen LogP contribution in [0.3, 0.4) is 0 Å². The van der Waals surface area contributed by atoms with Gasteiger partial charge in [0.1, 0.15) is 0 Å². The van der Waals surface area contributed by atoms with Crippen molar-refractivity contribution in [3.8, 4) is 0 Å². The van der Waals surface area contributed by atoms with Crippen molar-refractivity contribution in [2.45, 2.75) is 46.0 Å². The zero-order chi connectivity index (χ0) is 11.0. The number of unbranched alkanes of at least 4 members (excludes halogenated alkanes) is 1. The Hall–Kier alpha value is -0.990. The van der Waals surface area contributed by atoms with Crippen molar-refractivity contribution < 1.29 is 15.0 Å². The molecule has 14 heavy (non-hydrogen) atoms. The zero-order valence-corrected chi connectivity index (χ0v) is 8.95. The maximum Gasteiger partial charge on any atom is 0.320 e. The van der Waals surface area contributed by atoms with Crippen molar-refractivity contribution in [1.82, 2.24) is 0 Å². The topological polar surface area (TPSA) is 60.4 Å². The molecule has 0 bridgehead atoms. The molecule has 0 saturated carbocycles. The second kappa shape index (κ2) is 7.42. The molecule has 1 atom stereocenters. The first-order valence-electron chi connectivity index (χ1n) is 5.22. The molecule has 1 N–H and O–H groups in total. The zero-order valence-electron chi connectivity index (χ0n) is 8.95. The molecular weight excluding hydrogens is 180 g/mol. The lowest BCUT2D eigenvalue weighted by Crippen LogP contribution is -2.14. The number of allylic oxidation sites excluding steroid dienone is 1. The van der Waals surface area contributed by atoms with Crippen molar-refractivity contribution in [1.29, 1.82) is 0 Å². The van der Waals surface area contributed by atoms with E-state index in [0.29, 0.717) is 12.3 Å². The molecule has 0 aromatic carbocycles. The third-order valence-corrected chi connectivity index (χ3v) is 2.39. The van der Waals surface area contributed by atoms with Crippen molar-refractivity contribution in [3.63, 3.8) is 0 Å². The molecule has 0 amide bonds. The summed E-state index contributed by atoms with van der Waals surface area (Å²) in [6.07, 6.45) is 6.27. The largest absolute Gasteiger partial charge is 0.868 e. The highest BCUT2D eigenvalue weighted by molar-refractivity contribution is 5.82. The number of rotatable bonds is 7. The Kier molecular flexibility index (Phi) is 6.89. The van der Waals surface area contributed by atoms with Crippen LogP contribution in [0, 0.1) is 5.92 Å². The summed E-state index contributed by atoms with van der Waals surface area (Å²) >= 11 is 0. The maximum atomic E-state index is 10.8. The van der Waals surface area contributed by atoms with Crippen LogP contribution in [0.4, 0.5) is 0 Å². The van der Waals surface area contributed by atoms with E-state index in [1.807, 2.05) is 0 Å². The van der Waals surface area contributed by atoms with E-state index in [2.05, 4.69) is 13.8 Å². The molecule has 0 heterocycles. The highest BCUT2D eigenvalue weighted by atomic mass is 16.4. The highest BCUT2D eigenvalue weighted by Gasteiger charge is 2.03. The smallest absolute Gasteiger partial charge is 0.320 e. The monoisotopic (exact) mass is 199 g/mol. The van der Waals surface area contributed by atoms with E-state index in [0.717, 1.165) is 25.7 Å². The molecule has 0 saturated heterocycles. The number of hydrogen-bond donors (Lipinski definition) is 1. The third kappa shape index (κ3) is 5.62. The summed E-state index contributed by atoms with van der Waals surface area (Å²) in [4.78, 5) is 10.2. The summed E-state index contributed by atoms with van der Waals surface area (Å²) in [6.45, 7) is 4.19. The van der Waals surface area contributed by atoms with Gasteiger partial charge in [0, 0.05) is 0 Å². The van der Waals surface area contributed by atoms with Gasteiger partial charge >= 0.3 is 5.97 Å². The predicted molar refractivity (Wildman–Crippen MR) is 53.6 cm³/mol. The number of aliphatic carboxylic acids is 1. The number of carboxylic acids is 1. The second-order valence-electron chi connectivity index (χ2n) is 3.53. The van der Waals surface area contributed by atoms with Gasteiger partial charge in [-0.05, 0) is 18.1 Å². The SMILES string of the molecule is CCCCC(CC)C/C=C(\[O-])C(=O)O. The van der Waals surface area contributed by atoms with Gasteiger partial charge in [-0.3, -0.25) is 0 Å². The van der Waals surface area contributed by atoms with Gasteiger partial charge in [0.25, 0.3) is 0 Å². The lowest BCUT2D eigenvalue weighted by atomic mass is 9.95. The van der Waals surface area contributed by atoms with Gasteiger partial charge < -0.3 is 10.2 Å². The Bertz CT molecular complexity index is 197. The predicted octanol–water partition coefficient (Wildman–Crippen LogP) is 1.92. The average Bonchev–Trinajstić information content (AvgIpc) is 2.17. The molecule has 0 aliphatic rings. The van der Waals surface area contributed by atoms with E-state index in [1.54, 1.807) is 0 Å². The van der Waals surface area contributed by atoms with Crippen LogP contribution in [-0.4, -0.2) is 11.1 Å². The Morgan fingerprint density at radius 2 is 2.14 bits per heavy atom. The number of carboxylic acid groups (broad SMARTS) is 1. The Morgan fingerprint density at radius 1 is 1.50 bits per heavy atom. The highest BCUT2D eigenvalue weighted by Crippen LogP contribution is 2.17. The van der Waals surface area contributed by atoms with Crippen LogP contribution in [0.15, 0.2) is 11.8 Å². The normalized spacial score (nSPS) is 14.0. The van der Waals surface area contributed by atoms with Crippen LogP contribution in [0.2, 0.25) is 0 Å². The quantitative estimate of drug-likeness (QED) is 0.503. The lowest BCUT2D eigenvalue weighted by molar-refractivity contribution is -0.303. The number of hydrogen-bond acceptors (Lipinski definition) is 2. The standard InChI is InChI=1S/C11H20O3/c1-3-5-6-9(4-2)7-8-10(12)11(13)14/h8-9,12H,3-7H2,1-2H3,(H,13,14)/p-1/b10-8-. The van der Waals surface area contributed by atoms with E-state index < -0.39 is 11.7 Å². The Morgan fingerprint density at radius 3 is 2.57 bits per heavy atom. The van der Waals surface area contributed by atoms with Gasteiger partial charge in [0.15, 0.2) is 0 Å². The molecule has 1 unspecified atom stereocenters. The fourth-order valence-corrected chi connectivity index (χ4v) is 1.34. The molecule has 3 heteroatoms. The summed E-state index contributed by atoms with van der Waals surface area (Å²) in [6, 6.07) is 0. The fraction of sp³-hybridized carbons (Fsp3) is 0.727. The molecule has 0 fully saturated rings. The van der Waals surface area contributed by atoms with Crippen LogP contribution in [-0.2, 0) is 4.79 Å². The van der Waals surface area contributed by atoms with Crippen LogP contribution in [0.5, 0.6) is 0 Å². The lowest BCUT2D eigenvalue weighted by Gasteiger charge is -2.13. The van der Waals surface area contributed by atoms with E-state index in [9.17, 15) is 9.90 Å². The van der Waals surface area contributed by atoms with Crippen LogP contribution < -0.4 is 5.11 Å². The van der Waals surface area contributed by atoms with Gasteiger partial charge in [-0.1, -0.05) is 45.6 Å². The van der Waals surface area contributed by atoms with Crippen LogP contribution >= 0.6 is 0 Å². The third-order valence-electron chi connectivity index (χ3n) is 2.39. The average molecular weight is 199 g/mol. The summed E-state index contributed by atoms with van der Waals surface area (Å²) in [7, 11) is 0. The van der Waals surface area contributed by atoms with E-state index in [-0.39, 0.29) is 0 Å². The van der Waals surface area contributed by atoms with E-state index >= 15 is 0 Å². The molecule has 0 aliphatic heterocycles. The van der Waals surface area contributed by atoms with Crippen molar-refractivity contribution >= 4 is 5.97 Å². The van der Waals surface area contributed by atoms with Crippen LogP contribution in [0.1, 0.15) is 46.0 Å². The van der Waals surface area contributed by atoms with Gasteiger partial charge in [-0.25, -0.2) is 4.79 Å². The molecule has 82 valence electrons. The minimum Gasteiger partial charge on any atom is -0.868 e. The second-order valence-corrected chi connectivity index (χ2v) is 3.53. The Labute approximate surface area is 85.4 Å². The fourth-order valence-electron chi connectivity index (χ4n) is 1.34. The van der Waals surface area contributed by atoms with E-state index in [4.69, 9.17) is 5.11 Å². The van der Waals surface area contributed by atoms with Gasteiger partial charge in [0.05, 0.1) is 0 Å². The van der Waals surface area contributed by atoms with E-state index in [1.165, 1.54) is 6.08 Å². The molecular formula is C11H19O3-. The van der Waals surface area contributed by atoms with Crippen LogP contribution in [0.25, 0.3) is 0 Å². The number of carbonyl (C=O) groups is 1. The van der Waals surface area contributed by atoms with Gasteiger partial charge in [0.2, 0.25) is 0 Å². The summed E-state index contributed by atoms with van der Waals surface area (Å²) in [5.74, 6) is -1.67. The minimum atomic E-state index is -1.35. The summed E-state index contributed by atoms with van der Waals surface area (Å²) < 4.78 is 0. The molecule has 0 spiro atoms. The molecule has 0 aromatic rings. The summed E-state index contributed by atoms with van der Waals surface area (Å²) in [5, 5.41) is 19.1. The van der Waals surface area contributed by atoms with Gasteiger partial charge in [-0.2, -0.15) is 0 Å². The first-order valence-corrected chi connectivity index (χ1v) is 5.22. The minimum absolute atomic E-state index is 0.457. The van der Waals surface area contributed by atoms with Crippen molar-refractivity contribution in [2.75, 3.05) is 0 Å². The molecule has 3 nitrogen and oxygen atoms in total. The Balaban J connectivity index is 3.93. The molecule has 0 rings (SSSR count). The molecule has 0 aliphatic carbocycles. The van der Waals surface area contributed by atoms with Gasteiger partial charge in [-0.15, -0.1) is 0 Å². The summed E-state index contributed by atoms with van der Waals surface area (Å²) in [5.41, 5.74) is 0. The first-order chi connectivity index (χ1) is 6.61. The van der Waals surface area contributed by atoms with Crippen molar-refractivity contribution in [3.05, 3.63) is 11.8 Å². The maximum absolute atomic E-state index is 10.8. The van der Waals surface area contributed by atoms with Crippen molar-refractivity contribution in [2.24, 2.45) is 5.92 Å². The molecule has 0 radical (unpaired) electrons. The first kappa shape index (κ1) is 13.0.